The first kappa shape index (κ1) is 18.0. The van der Waals surface area contributed by atoms with Crippen molar-refractivity contribution in [1.29, 1.82) is 0 Å². The van der Waals surface area contributed by atoms with Crippen LogP contribution in [-0.2, 0) is 6.54 Å². The maximum atomic E-state index is 6.10. The molecule has 1 fully saturated rings. The smallest absolute Gasteiger partial charge is 0.191 e. The summed E-state index contributed by atoms with van der Waals surface area (Å²) in [5.74, 6) is 0.823. The van der Waals surface area contributed by atoms with Gasteiger partial charge in [-0.15, -0.1) is 11.3 Å². The fourth-order valence-electron chi connectivity index (χ4n) is 2.95. The van der Waals surface area contributed by atoms with Gasteiger partial charge < -0.3 is 15.5 Å². The van der Waals surface area contributed by atoms with Gasteiger partial charge in [-0.2, -0.15) is 0 Å². The van der Waals surface area contributed by atoms with Gasteiger partial charge in [-0.05, 0) is 38.5 Å². The van der Waals surface area contributed by atoms with Crippen LogP contribution in [0.4, 0.5) is 5.69 Å². The number of nitrogens with one attached hydrogen (secondary N) is 2. The Morgan fingerprint density at radius 2 is 2.28 bits per heavy atom. The highest BCUT2D eigenvalue weighted by molar-refractivity contribution is 7.11. The summed E-state index contributed by atoms with van der Waals surface area (Å²) in [5, 5.41) is 8.74. The van der Waals surface area contributed by atoms with Crippen LogP contribution < -0.4 is 15.5 Å². The van der Waals surface area contributed by atoms with E-state index in [2.05, 4.69) is 38.5 Å². The molecule has 0 bridgehead atoms. The molecule has 1 aliphatic rings. The van der Waals surface area contributed by atoms with Gasteiger partial charge >= 0.3 is 0 Å². The molecular formula is C18H24ClN5S. The first-order valence-electron chi connectivity index (χ1n) is 8.45. The summed E-state index contributed by atoms with van der Waals surface area (Å²) in [6, 6.07) is 8.39. The predicted octanol–water partition coefficient (Wildman–Crippen LogP) is 3.36. The highest BCUT2D eigenvalue weighted by Crippen LogP contribution is 2.23. The Hall–Kier alpha value is -1.79. The number of rotatable bonds is 4. The topological polar surface area (TPSA) is 52.6 Å². The van der Waals surface area contributed by atoms with Crippen LogP contribution in [0, 0.1) is 13.8 Å². The number of thiazole rings is 1. The molecule has 2 aromatic rings. The molecule has 1 unspecified atom stereocenters. The van der Waals surface area contributed by atoms with Crippen molar-refractivity contribution in [1.82, 2.24) is 15.6 Å². The van der Waals surface area contributed by atoms with Crippen LogP contribution in [0.25, 0.3) is 0 Å². The number of aliphatic imine (C=N–C) groups is 1. The Kier molecular flexibility index (Phi) is 5.81. The standard InChI is InChI=1S/C18H24ClN5S/c1-12-13(2)25-17(22-12)10-21-18(20-3)23-15-7-8-24(11-15)16-6-4-5-14(19)9-16/h4-6,9,15H,7-8,10-11H2,1-3H3,(H2,20,21,23). The summed E-state index contributed by atoms with van der Waals surface area (Å²) in [6.45, 7) is 6.80. The monoisotopic (exact) mass is 377 g/mol. The number of aryl methyl sites for hydroxylation is 2. The van der Waals surface area contributed by atoms with E-state index >= 15 is 0 Å². The van der Waals surface area contributed by atoms with Crippen molar-refractivity contribution in [3.63, 3.8) is 0 Å². The summed E-state index contributed by atoms with van der Waals surface area (Å²) in [5.41, 5.74) is 2.28. The maximum absolute atomic E-state index is 6.10. The Morgan fingerprint density at radius 1 is 1.44 bits per heavy atom. The lowest BCUT2D eigenvalue weighted by Gasteiger charge is -2.20. The van der Waals surface area contributed by atoms with Crippen LogP contribution in [0.1, 0.15) is 22.0 Å². The number of nitrogens with zero attached hydrogens (tertiary/aromatic N) is 3. The van der Waals surface area contributed by atoms with Gasteiger partial charge in [0.1, 0.15) is 5.01 Å². The third-order valence-electron chi connectivity index (χ3n) is 4.41. The van der Waals surface area contributed by atoms with E-state index in [4.69, 9.17) is 11.6 Å². The summed E-state index contributed by atoms with van der Waals surface area (Å²) in [6.07, 6.45) is 1.07. The highest BCUT2D eigenvalue weighted by Gasteiger charge is 2.23. The van der Waals surface area contributed by atoms with E-state index in [0.29, 0.717) is 12.6 Å². The number of halogens is 1. The van der Waals surface area contributed by atoms with E-state index in [0.717, 1.165) is 41.2 Å². The minimum absolute atomic E-state index is 0.366. The summed E-state index contributed by atoms with van der Waals surface area (Å²) < 4.78 is 0. The third kappa shape index (κ3) is 4.64. The van der Waals surface area contributed by atoms with Crippen molar-refractivity contribution in [3.05, 3.63) is 44.9 Å². The molecule has 0 saturated carbocycles. The van der Waals surface area contributed by atoms with Gasteiger partial charge in [-0.25, -0.2) is 4.98 Å². The van der Waals surface area contributed by atoms with E-state index in [9.17, 15) is 0 Å². The second-order valence-electron chi connectivity index (χ2n) is 6.23. The van der Waals surface area contributed by atoms with E-state index in [-0.39, 0.29) is 0 Å². The van der Waals surface area contributed by atoms with E-state index in [1.165, 1.54) is 10.6 Å². The number of anilines is 1. The normalized spacial score (nSPS) is 17.8. The number of hydrogen-bond acceptors (Lipinski definition) is 4. The average molecular weight is 378 g/mol. The van der Waals surface area contributed by atoms with Crippen molar-refractivity contribution in [2.24, 2.45) is 4.99 Å². The molecule has 1 aromatic heterocycles. The maximum Gasteiger partial charge on any atom is 0.191 e. The molecule has 5 nitrogen and oxygen atoms in total. The van der Waals surface area contributed by atoms with Crippen molar-refractivity contribution in [2.75, 3.05) is 25.0 Å². The lowest BCUT2D eigenvalue weighted by molar-refractivity contribution is 0.648. The van der Waals surface area contributed by atoms with E-state index in [1.807, 2.05) is 25.1 Å². The van der Waals surface area contributed by atoms with Gasteiger partial charge in [0.25, 0.3) is 0 Å². The second kappa shape index (κ2) is 8.06. The fourth-order valence-corrected chi connectivity index (χ4v) is 4.01. The van der Waals surface area contributed by atoms with Crippen LogP contribution in [0.5, 0.6) is 0 Å². The molecule has 0 aliphatic carbocycles. The molecule has 7 heteroatoms. The molecule has 134 valence electrons. The molecule has 3 rings (SSSR count). The molecule has 0 radical (unpaired) electrons. The lowest BCUT2D eigenvalue weighted by Crippen LogP contribution is -2.44. The minimum Gasteiger partial charge on any atom is -0.369 e. The zero-order valence-electron chi connectivity index (χ0n) is 14.8. The van der Waals surface area contributed by atoms with Crippen molar-refractivity contribution in [3.8, 4) is 0 Å². The zero-order chi connectivity index (χ0) is 17.8. The molecule has 1 saturated heterocycles. The van der Waals surface area contributed by atoms with Crippen LogP contribution in [0.15, 0.2) is 29.3 Å². The van der Waals surface area contributed by atoms with Crippen molar-refractivity contribution >= 4 is 34.6 Å². The Bertz CT molecular complexity index is 738. The molecule has 0 spiro atoms. The number of aromatic nitrogens is 1. The summed E-state index contributed by atoms with van der Waals surface area (Å²) in [4.78, 5) is 12.5. The van der Waals surface area contributed by atoms with Gasteiger partial charge in [0, 0.05) is 41.8 Å². The molecule has 1 aromatic carbocycles. The summed E-state index contributed by atoms with van der Waals surface area (Å²) >= 11 is 7.83. The second-order valence-corrected chi connectivity index (χ2v) is 7.95. The van der Waals surface area contributed by atoms with Crippen LogP contribution >= 0.6 is 22.9 Å². The van der Waals surface area contributed by atoms with Crippen LogP contribution in [-0.4, -0.2) is 37.1 Å². The van der Waals surface area contributed by atoms with Gasteiger partial charge in [0.15, 0.2) is 5.96 Å². The first-order chi connectivity index (χ1) is 12.0. The SMILES string of the molecule is CN=C(NCc1nc(C)c(C)s1)NC1CCN(c2cccc(Cl)c2)C1. The van der Waals surface area contributed by atoms with Crippen molar-refractivity contribution < 1.29 is 0 Å². The highest BCUT2D eigenvalue weighted by atomic mass is 35.5. The van der Waals surface area contributed by atoms with Gasteiger partial charge in [0.2, 0.25) is 0 Å². The quantitative estimate of drug-likeness (QED) is 0.633. The van der Waals surface area contributed by atoms with E-state index in [1.54, 1.807) is 18.4 Å². The third-order valence-corrected chi connectivity index (χ3v) is 5.71. The molecule has 2 N–H and O–H groups in total. The summed E-state index contributed by atoms with van der Waals surface area (Å²) in [7, 11) is 1.80. The van der Waals surface area contributed by atoms with Gasteiger partial charge in [-0.3, -0.25) is 4.99 Å². The minimum atomic E-state index is 0.366. The molecule has 1 aliphatic heterocycles. The molecule has 1 atom stereocenters. The molecule has 2 heterocycles. The molecular weight excluding hydrogens is 354 g/mol. The Labute approximate surface area is 158 Å². The van der Waals surface area contributed by atoms with Crippen molar-refractivity contribution in [2.45, 2.75) is 32.9 Å². The van der Waals surface area contributed by atoms with Gasteiger partial charge in [0.05, 0.1) is 12.2 Å². The fraction of sp³-hybridized carbons (Fsp3) is 0.444. The Morgan fingerprint density at radius 3 is 2.96 bits per heavy atom. The van der Waals surface area contributed by atoms with Crippen LogP contribution in [0.2, 0.25) is 5.02 Å². The largest absolute Gasteiger partial charge is 0.369 e. The number of hydrogen-bond donors (Lipinski definition) is 2. The van der Waals surface area contributed by atoms with E-state index < -0.39 is 0 Å². The molecule has 25 heavy (non-hydrogen) atoms. The van der Waals surface area contributed by atoms with Gasteiger partial charge in [-0.1, -0.05) is 17.7 Å². The number of guanidine groups is 1. The average Bonchev–Trinajstić information content (AvgIpc) is 3.18. The predicted molar refractivity (Wildman–Crippen MR) is 107 cm³/mol. The lowest BCUT2D eigenvalue weighted by atomic mass is 10.3. The number of benzene rings is 1. The zero-order valence-corrected chi connectivity index (χ0v) is 16.4. The van der Waals surface area contributed by atoms with Crippen LogP contribution in [0.3, 0.4) is 0 Å². The molecule has 0 amide bonds. The first-order valence-corrected chi connectivity index (χ1v) is 9.65. The Balaban J connectivity index is 1.52.